The van der Waals surface area contributed by atoms with E-state index in [1.165, 1.54) is 0 Å². The zero-order chi connectivity index (χ0) is 14.9. The van der Waals surface area contributed by atoms with Gasteiger partial charge in [0.1, 0.15) is 0 Å². The van der Waals surface area contributed by atoms with Crippen molar-refractivity contribution in [1.29, 1.82) is 0 Å². The zero-order valence-electron chi connectivity index (χ0n) is 12.3. The van der Waals surface area contributed by atoms with Gasteiger partial charge in [0.05, 0.1) is 31.0 Å². The molecule has 0 spiro atoms. The Morgan fingerprint density at radius 3 is 1.95 bits per heavy atom. The lowest BCUT2D eigenvalue weighted by atomic mass is 10.0. The Labute approximate surface area is 120 Å². The molecule has 0 radical (unpaired) electrons. The normalized spacial score (nSPS) is 12.5. The summed E-state index contributed by atoms with van der Waals surface area (Å²) in [5.41, 5.74) is 4.00. The zero-order valence-corrected chi connectivity index (χ0v) is 13.1. The second-order valence-corrected chi connectivity index (χ2v) is 5.90. The Hall–Kier alpha value is -0.360. The van der Waals surface area contributed by atoms with Crippen molar-refractivity contribution in [2.75, 3.05) is 26.4 Å². The number of hydrogen-bond donors (Lipinski definition) is 1. The van der Waals surface area contributed by atoms with Gasteiger partial charge in [0.25, 0.3) is 0 Å². The van der Waals surface area contributed by atoms with E-state index in [0.29, 0.717) is 26.2 Å². The number of carbonyl (C=O) groups excluding carboxylic acids is 1. The van der Waals surface area contributed by atoms with E-state index in [2.05, 4.69) is 4.74 Å². The summed E-state index contributed by atoms with van der Waals surface area (Å²) in [6.07, 6.45) is 1.36. The summed E-state index contributed by atoms with van der Waals surface area (Å²) >= 11 is 5.09. The van der Waals surface area contributed by atoms with Gasteiger partial charge in [-0.3, -0.25) is 0 Å². The number of rotatable bonds is 10. The van der Waals surface area contributed by atoms with Crippen LogP contribution in [0.25, 0.3) is 0 Å². The van der Waals surface area contributed by atoms with Crippen LogP contribution in [0.4, 0.5) is 4.79 Å². The van der Waals surface area contributed by atoms with E-state index in [4.69, 9.17) is 26.8 Å². The maximum Gasteiger partial charge on any atom is 0.403 e. The smallest absolute Gasteiger partial charge is 0.403 e. The van der Waals surface area contributed by atoms with Gasteiger partial charge in [-0.25, -0.2) is 4.79 Å². The van der Waals surface area contributed by atoms with Crippen molar-refractivity contribution in [2.24, 2.45) is 5.73 Å². The maximum absolute atomic E-state index is 10.5. The highest BCUT2D eigenvalue weighted by molar-refractivity contribution is 6.61. The SMILES string of the molecule is CC(C)(CCOC(=O)Cl)OCCC(C)(C)OCCN. The van der Waals surface area contributed by atoms with Gasteiger partial charge in [0, 0.05) is 24.6 Å². The predicted molar refractivity (Wildman–Crippen MR) is 75.6 cm³/mol. The number of hydrogen-bond acceptors (Lipinski definition) is 5. The van der Waals surface area contributed by atoms with Crippen molar-refractivity contribution in [3.63, 3.8) is 0 Å². The lowest BCUT2D eigenvalue weighted by Crippen LogP contribution is -2.32. The summed E-state index contributed by atoms with van der Waals surface area (Å²) in [4.78, 5) is 10.5. The second-order valence-electron chi connectivity index (χ2n) is 5.59. The van der Waals surface area contributed by atoms with Crippen LogP contribution in [0.15, 0.2) is 0 Å². The van der Waals surface area contributed by atoms with E-state index in [0.717, 1.165) is 6.42 Å². The van der Waals surface area contributed by atoms with E-state index in [-0.39, 0.29) is 17.8 Å². The van der Waals surface area contributed by atoms with Crippen LogP contribution in [-0.2, 0) is 14.2 Å². The number of halogens is 1. The van der Waals surface area contributed by atoms with Gasteiger partial charge in [0.15, 0.2) is 0 Å². The molecule has 19 heavy (non-hydrogen) atoms. The molecule has 0 rings (SSSR count). The molecule has 0 fully saturated rings. The Balaban J connectivity index is 3.86. The van der Waals surface area contributed by atoms with Crippen molar-refractivity contribution >= 4 is 17.0 Å². The van der Waals surface area contributed by atoms with E-state index in [1.54, 1.807) is 0 Å². The van der Waals surface area contributed by atoms with Crippen LogP contribution in [0.5, 0.6) is 0 Å². The average Bonchev–Trinajstić information content (AvgIpc) is 2.25. The first-order valence-corrected chi connectivity index (χ1v) is 6.86. The Morgan fingerprint density at radius 1 is 1.00 bits per heavy atom. The van der Waals surface area contributed by atoms with E-state index in [1.807, 2.05) is 27.7 Å². The fourth-order valence-corrected chi connectivity index (χ4v) is 1.51. The van der Waals surface area contributed by atoms with Crippen LogP contribution in [0.2, 0.25) is 0 Å². The Morgan fingerprint density at radius 2 is 1.47 bits per heavy atom. The van der Waals surface area contributed by atoms with Crippen molar-refractivity contribution in [2.45, 2.75) is 51.7 Å². The minimum absolute atomic E-state index is 0.252. The van der Waals surface area contributed by atoms with Crippen LogP contribution in [-0.4, -0.2) is 43.0 Å². The lowest BCUT2D eigenvalue weighted by Gasteiger charge is -2.29. The van der Waals surface area contributed by atoms with E-state index in [9.17, 15) is 4.79 Å². The molecule has 0 heterocycles. The van der Waals surface area contributed by atoms with Gasteiger partial charge < -0.3 is 19.9 Å². The highest BCUT2D eigenvalue weighted by Crippen LogP contribution is 2.19. The first-order valence-electron chi connectivity index (χ1n) is 6.49. The van der Waals surface area contributed by atoms with Crippen LogP contribution in [0.1, 0.15) is 40.5 Å². The molecule has 2 N–H and O–H groups in total. The minimum atomic E-state index is -0.785. The maximum atomic E-state index is 10.5. The summed E-state index contributed by atoms with van der Waals surface area (Å²) < 4.78 is 16.1. The molecule has 0 aliphatic heterocycles. The molecule has 6 heteroatoms. The van der Waals surface area contributed by atoms with E-state index >= 15 is 0 Å². The van der Waals surface area contributed by atoms with Crippen molar-refractivity contribution in [1.82, 2.24) is 0 Å². The molecular formula is C13H26ClNO4. The summed E-state index contributed by atoms with van der Waals surface area (Å²) in [5, 5.41) is 0. The number of carbonyl (C=O) groups is 1. The predicted octanol–water partition coefficient (Wildman–Crippen LogP) is 2.69. The van der Waals surface area contributed by atoms with Crippen molar-refractivity contribution < 1.29 is 19.0 Å². The van der Waals surface area contributed by atoms with Crippen LogP contribution in [0.3, 0.4) is 0 Å². The molecule has 0 bridgehead atoms. The van der Waals surface area contributed by atoms with Gasteiger partial charge in [0.2, 0.25) is 0 Å². The molecule has 0 aliphatic carbocycles. The van der Waals surface area contributed by atoms with Crippen LogP contribution >= 0.6 is 11.6 Å². The second kappa shape index (κ2) is 8.74. The van der Waals surface area contributed by atoms with Crippen molar-refractivity contribution in [3.8, 4) is 0 Å². The summed E-state index contributed by atoms with van der Waals surface area (Å²) in [7, 11) is 0. The average molecular weight is 296 g/mol. The summed E-state index contributed by atoms with van der Waals surface area (Å²) in [6, 6.07) is 0. The van der Waals surface area contributed by atoms with Crippen LogP contribution in [0, 0.1) is 0 Å². The monoisotopic (exact) mass is 295 g/mol. The molecule has 0 saturated carbocycles. The molecular weight excluding hydrogens is 270 g/mol. The van der Waals surface area contributed by atoms with Crippen molar-refractivity contribution in [3.05, 3.63) is 0 Å². The third-order valence-electron chi connectivity index (χ3n) is 2.73. The van der Waals surface area contributed by atoms with Gasteiger partial charge in [-0.05, 0) is 34.1 Å². The fourth-order valence-electron chi connectivity index (χ4n) is 1.43. The molecule has 0 saturated heterocycles. The number of ether oxygens (including phenoxy) is 3. The topological polar surface area (TPSA) is 70.8 Å². The summed E-state index contributed by atoms with van der Waals surface area (Å²) in [5.74, 6) is 0. The quantitative estimate of drug-likeness (QED) is 0.627. The van der Waals surface area contributed by atoms with Gasteiger partial charge in [-0.2, -0.15) is 0 Å². The van der Waals surface area contributed by atoms with Gasteiger partial charge in [-0.1, -0.05) is 0 Å². The van der Waals surface area contributed by atoms with E-state index < -0.39 is 5.43 Å². The molecule has 0 unspecified atom stereocenters. The van der Waals surface area contributed by atoms with Gasteiger partial charge >= 0.3 is 5.43 Å². The minimum Gasteiger partial charge on any atom is -0.454 e. The third-order valence-corrected chi connectivity index (χ3v) is 2.84. The standard InChI is InChI=1S/C13H26ClNO4/c1-12(2,5-8-17-11(14)16)18-9-6-13(3,4)19-10-7-15/h5-10,15H2,1-4H3. The summed E-state index contributed by atoms with van der Waals surface area (Å²) in [6.45, 7) is 9.79. The molecule has 0 aromatic rings. The number of nitrogens with two attached hydrogens (primary N) is 1. The lowest BCUT2D eigenvalue weighted by molar-refractivity contribution is -0.0759. The third kappa shape index (κ3) is 11.2. The van der Waals surface area contributed by atoms with Crippen LogP contribution < -0.4 is 5.73 Å². The Bertz CT molecular complexity index is 269. The Kier molecular flexibility index (Phi) is 8.57. The molecule has 0 aromatic heterocycles. The highest BCUT2D eigenvalue weighted by Gasteiger charge is 2.22. The molecule has 114 valence electrons. The molecule has 0 aliphatic rings. The highest BCUT2D eigenvalue weighted by atomic mass is 35.5. The molecule has 0 aromatic carbocycles. The molecule has 0 atom stereocenters. The largest absolute Gasteiger partial charge is 0.454 e. The van der Waals surface area contributed by atoms with Gasteiger partial charge in [-0.15, -0.1) is 0 Å². The first kappa shape index (κ1) is 18.6. The fraction of sp³-hybridized carbons (Fsp3) is 0.923. The molecule has 5 nitrogen and oxygen atoms in total. The molecule has 0 amide bonds. The first-order chi connectivity index (χ1) is 8.68.